The minimum atomic E-state index is -0.748. The molecule has 1 aromatic rings. The number of piperazine rings is 1. The zero-order valence-corrected chi connectivity index (χ0v) is 14.0. The van der Waals surface area contributed by atoms with E-state index in [1.54, 1.807) is 4.90 Å². The summed E-state index contributed by atoms with van der Waals surface area (Å²) >= 11 is 0. The van der Waals surface area contributed by atoms with Crippen molar-refractivity contribution in [3.8, 4) is 0 Å². The van der Waals surface area contributed by atoms with Crippen molar-refractivity contribution in [2.24, 2.45) is 0 Å². The molecule has 7 nitrogen and oxygen atoms in total. The average Bonchev–Trinajstić information content (AvgIpc) is 2.87. The van der Waals surface area contributed by atoms with Crippen molar-refractivity contribution in [1.82, 2.24) is 15.5 Å². The van der Waals surface area contributed by atoms with Crippen LogP contribution in [0.5, 0.6) is 0 Å². The summed E-state index contributed by atoms with van der Waals surface area (Å²) in [6, 6.07) is 4.98. The Morgan fingerprint density at radius 1 is 1.17 bits per heavy atom. The number of imide groups is 1. The molecule has 3 rings (SSSR count). The van der Waals surface area contributed by atoms with E-state index in [1.807, 2.05) is 0 Å². The second kappa shape index (κ2) is 6.51. The molecular formula is C17H22N4O3. The molecule has 0 radical (unpaired) electrons. The van der Waals surface area contributed by atoms with Crippen molar-refractivity contribution >= 4 is 23.5 Å². The summed E-state index contributed by atoms with van der Waals surface area (Å²) in [5, 5.41) is 4.61. The molecule has 0 aromatic heterocycles. The Morgan fingerprint density at radius 2 is 1.88 bits per heavy atom. The van der Waals surface area contributed by atoms with Gasteiger partial charge in [-0.05, 0) is 31.0 Å². The number of nitrogens with zero attached hydrogens (tertiary/aromatic N) is 2. The lowest BCUT2D eigenvalue weighted by molar-refractivity contribution is -0.134. The second-order valence-corrected chi connectivity index (χ2v) is 6.31. The minimum Gasteiger partial charge on any atom is -0.368 e. The molecule has 2 aliphatic rings. The smallest absolute Gasteiger partial charge is 0.322 e. The number of amides is 4. The number of urea groups is 1. The summed E-state index contributed by atoms with van der Waals surface area (Å²) in [5.41, 5.74) is 3.74. The van der Waals surface area contributed by atoms with Gasteiger partial charge in [0.05, 0.1) is 6.42 Å². The van der Waals surface area contributed by atoms with E-state index in [4.69, 9.17) is 0 Å². The largest absolute Gasteiger partial charge is 0.368 e. The molecule has 0 bridgehead atoms. The Kier molecular flexibility index (Phi) is 4.42. The molecule has 2 saturated heterocycles. The van der Waals surface area contributed by atoms with Gasteiger partial charge in [-0.15, -0.1) is 0 Å². The molecule has 0 saturated carbocycles. The van der Waals surface area contributed by atoms with Crippen LogP contribution in [0.1, 0.15) is 17.5 Å². The number of hydrogen-bond donors (Lipinski definition) is 2. The van der Waals surface area contributed by atoms with Crippen LogP contribution < -0.4 is 15.5 Å². The van der Waals surface area contributed by atoms with Gasteiger partial charge >= 0.3 is 6.03 Å². The first-order valence-electron chi connectivity index (χ1n) is 8.16. The number of nitrogens with one attached hydrogen (secondary N) is 2. The lowest BCUT2D eigenvalue weighted by atomic mass is 10.1. The van der Waals surface area contributed by atoms with Crippen molar-refractivity contribution in [2.75, 3.05) is 31.1 Å². The highest BCUT2D eigenvalue weighted by Gasteiger charge is 2.33. The number of benzene rings is 1. The number of carbonyl (C=O) groups excluding carboxylic acids is 3. The highest BCUT2D eigenvalue weighted by Crippen LogP contribution is 2.24. The molecule has 7 heteroatoms. The Hall–Kier alpha value is -2.57. The number of anilines is 1. The van der Waals surface area contributed by atoms with Gasteiger partial charge in [0.1, 0.15) is 6.04 Å². The van der Waals surface area contributed by atoms with Crippen LogP contribution in [0.25, 0.3) is 0 Å². The summed E-state index contributed by atoms with van der Waals surface area (Å²) in [4.78, 5) is 39.0. The summed E-state index contributed by atoms with van der Waals surface area (Å²) in [6.45, 7) is 6.98. The molecule has 0 unspecified atom stereocenters. The van der Waals surface area contributed by atoms with Gasteiger partial charge in [-0.25, -0.2) is 4.79 Å². The molecule has 1 atom stereocenters. The van der Waals surface area contributed by atoms with E-state index < -0.39 is 18.0 Å². The van der Waals surface area contributed by atoms with Crippen LogP contribution in [0.2, 0.25) is 0 Å². The SMILES string of the molecule is Cc1cccc(N2CCN(C(=O)C[C@@H]3NC(=O)NC3=O)CC2)c1C. The Labute approximate surface area is 141 Å². The van der Waals surface area contributed by atoms with E-state index in [-0.39, 0.29) is 12.3 Å². The zero-order valence-electron chi connectivity index (χ0n) is 14.0. The van der Waals surface area contributed by atoms with E-state index in [0.717, 1.165) is 13.1 Å². The third-order valence-corrected chi connectivity index (χ3v) is 4.79. The molecule has 2 fully saturated rings. The topological polar surface area (TPSA) is 81.8 Å². The lowest BCUT2D eigenvalue weighted by Gasteiger charge is -2.37. The Bertz CT molecular complexity index is 680. The van der Waals surface area contributed by atoms with Gasteiger partial charge in [0.2, 0.25) is 5.91 Å². The quantitative estimate of drug-likeness (QED) is 0.793. The fourth-order valence-corrected chi connectivity index (χ4v) is 3.18. The molecule has 1 aromatic carbocycles. The summed E-state index contributed by atoms with van der Waals surface area (Å²) in [6.07, 6.45) is 0.0149. The number of carbonyl (C=O) groups is 3. The standard InChI is InChI=1S/C17H22N4O3/c1-11-4-3-5-14(12(11)2)20-6-8-21(9-7-20)15(22)10-13-16(23)19-17(24)18-13/h3-5,13H,6-10H2,1-2H3,(H2,18,19,23,24)/t13-/m0/s1. The van der Waals surface area contributed by atoms with Crippen LogP contribution in [-0.4, -0.2) is 55.0 Å². The van der Waals surface area contributed by atoms with Crippen molar-refractivity contribution in [1.29, 1.82) is 0 Å². The maximum absolute atomic E-state index is 12.3. The van der Waals surface area contributed by atoms with Crippen LogP contribution in [0.15, 0.2) is 18.2 Å². The molecule has 4 amide bonds. The van der Waals surface area contributed by atoms with Gasteiger partial charge in [-0.2, -0.15) is 0 Å². The lowest BCUT2D eigenvalue weighted by Crippen LogP contribution is -2.50. The fraction of sp³-hybridized carbons (Fsp3) is 0.471. The van der Waals surface area contributed by atoms with E-state index in [0.29, 0.717) is 13.1 Å². The van der Waals surface area contributed by atoms with Crippen molar-refractivity contribution in [2.45, 2.75) is 26.3 Å². The van der Waals surface area contributed by atoms with E-state index in [9.17, 15) is 14.4 Å². The van der Waals surface area contributed by atoms with Gasteiger partial charge in [0, 0.05) is 31.9 Å². The van der Waals surface area contributed by atoms with Crippen molar-refractivity contribution < 1.29 is 14.4 Å². The fourth-order valence-electron chi connectivity index (χ4n) is 3.18. The van der Waals surface area contributed by atoms with Gasteiger partial charge in [0.15, 0.2) is 0 Å². The van der Waals surface area contributed by atoms with Crippen molar-refractivity contribution in [3.63, 3.8) is 0 Å². The zero-order chi connectivity index (χ0) is 17.3. The first-order chi connectivity index (χ1) is 11.5. The molecule has 2 aliphatic heterocycles. The second-order valence-electron chi connectivity index (χ2n) is 6.31. The van der Waals surface area contributed by atoms with Gasteiger partial charge in [-0.1, -0.05) is 12.1 Å². The van der Waals surface area contributed by atoms with Crippen LogP contribution >= 0.6 is 0 Å². The monoisotopic (exact) mass is 330 g/mol. The predicted molar refractivity (Wildman–Crippen MR) is 89.8 cm³/mol. The van der Waals surface area contributed by atoms with Gasteiger partial charge < -0.3 is 15.1 Å². The van der Waals surface area contributed by atoms with Crippen LogP contribution in [-0.2, 0) is 9.59 Å². The number of hydrogen-bond acceptors (Lipinski definition) is 4. The maximum Gasteiger partial charge on any atom is 0.322 e. The van der Waals surface area contributed by atoms with Crippen LogP contribution in [0.4, 0.5) is 10.5 Å². The summed E-state index contributed by atoms with van der Waals surface area (Å²) in [5.74, 6) is -0.527. The Balaban J connectivity index is 1.57. The van der Waals surface area contributed by atoms with Crippen LogP contribution in [0, 0.1) is 13.8 Å². The summed E-state index contributed by atoms with van der Waals surface area (Å²) < 4.78 is 0. The molecule has 0 aliphatic carbocycles. The van der Waals surface area contributed by atoms with Crippen molar-refractivity contribution in [3.05, 3.63) is 29.3 Å². The molecular weight excluding hydrogens is 308 g/mol. The first-order valence-corrected chi connectivity index (χ1v) is 8.16. The number of rotatable bonds is 3. The van der Waals surface area contributed by atoms with Gasteiger partial charge in [-0.3, -0.25) is 14.9 Å². The normalized spacial score (nSPS) is 20.8. The minimum absolute atomic E-state index is 0.0149. The van der Waals surface area contributed by atoms with Crippen LogP contribution in [0.3, 0.4) is 0 Å². The van der Waals surface area contributed by atoms with Gasteiger partial charge in [0.25, 0.3) is 5.91 Å². The molecule has 24 heavy (non-hydrogen) atoms. The summed E-state index contributed by atoms with van der Waals surface area (Å²) in [7, 11) is 0. The third-order valence-electron chi connectivity index (χ3n) is 4.79. The Morgan fingerprint density at radius 3 is 2.50 bits per heavy atom. The molecule has 2 heterocycles. The van der Waals surface area contributed by atoms with E-state index in [2.05, 4.69) is 47.6 Å². The van der Waals surface area contributed by atoms with E-state index >= 15 is 0 Å². The first kappa shape index (κ1) is 16.3. The molecule has 0 spiro atoms. The molecule has 2 N–H and O–H groups in total. The molecule has 128 valence electrons. The maximum atomic E-state index is 12.3. The average molecular weight is 330 g/mol. The highest BCUT2D eigenvalue weighted by atomic mass is 16.2. The number of aryl methyl sites for hydroxylation is 1. The highest BCUT2D eigenvalue weighted by molar-refractivity contribution is 6.05. The predicted octanol–water partition coefficient (Wildman–Crippen LogP) is 0.550. The van der Waals surface area contributed by atoms with E-state index in [1.165, 1.54) is 16.8 Å². The third kappa shape index (κ3) is 3.20.